The average Bonchev–Trinajstić information content (AvgIpc) is 2.70. The summed E-state index contributed by atoms with van der Waals surface area (Å²) in [5.41, 5.74) is 0.690. The summed E-state index contributed by atoms with van der Waals surface area (Å²) >= 11 is 0. The standard InChI is InChI=1S/C16H20FN5O.2C2H6/c1-11(2)14(23)21-16-20-10-19-15(22-16)18-9-5-7-12-6-3-4-8-13(12)17;2*1-2/h3-4,6,8,10-11H,5,7,9H2,1-2H3,(H2,18,19,20,21,22,23);2*1-2H3. The number of halogens is 1. The Labute approximate surface area is 162 Å². The first-order valence-corrected chi connectivity index (χ1v) is 9.53. The van der Waals surface area contributed by atoms with E-state index in [9.17, 15) is 9.18 Å². The maximum atomic E-state index is 13.5. The third kappa shape index (κ3) is 9.63. The molecule has 2 aromatic rings. The number of nitrogens with zero attached hydrogens (tertiary/aromatic N) is 3. The molecule has 0 saturated carbocycles. The Morgan fingerprint density at radius 3 is 2.33 bits per heavy atom. The van der Waals surface area contributed by atoms with E-state index in [-0.39, 0.29) is 23.6 Å². The number of hydrogen-bond donors (Lipinski definition) is 2. The number of hydrogen-bond acceptors (Lipinski definition) is 5. The summed E-state index contributed by atoms with van der Waals surface area (Å²) in [5, 5.41) is 5.66. The molecule has 0 aliphatic rings. The van der Waals surface area contributed by atoms with Gasteiger partial charge in [-0.25, -0.2) is 14.4 Å². The van der Waals surface area contributed by atoms with E-state index < -0.39 is 0 Å². The van der Waals surface area contributed by atoms with E-state index in [2.05, 4.69) is 25.6 Å². The van der Waals surface area contributed by atoms with Crippen molar-refractivity contribution in [1.82, 2.24) is 15.0 Å². The van der Waals surface area contributed by atoms with E-state index in [1.54, 1.807) is 26.0 Å². The minimum absolute atomic E-state index is 0.149. The quantitative estimate of drug-likeness (QED) is 0.684. The summed E-state index contributed by atoms with van der Waals surface area (Å²) < 4.78 is 13.5. The number of aryl methyl sites for hydroxylation is 1. The molecule has 1 aromatic heterocycles. The SMILES string of the molecule is CC.CC.CC(C)C(=O)Nc1ncnc(NCCCc2ccccc2F)n1. The van der Waals surface area contributed by atoms with Crippen molar-refractivity contribution in [2.75, 3.05) is 17.2 Å². The monoisotopic (exact) mass is 377 g/mol. The molecule has 7 heteroatoms. The van der Waals surface area contributed by atoms with E-state index >= 15 is 0 Å². The predicted molar refractivity (Wildman–Crippen MR) is 109 cm³/mol. The zero-order chi connectivity index (χ0) is 20.7. The largest absolute Gasteiger partial charge is 0.354 e. The Balaban J connectivity index is 0.00000158. The molecule has 6 nitrogen and oxygen atoms in total. The molecule has 1 amide bonds. The van der Waals surface area contributed by atoms with Crippen molar-refractivity contribution in [3.63, 3.8) is 0 Å². The van der Waals surface area contributed by atoms with Crippen molar-refractivity contribution in [2.24, 2.45) is 5.92 Å². The van der Waals surface area contributed by atoms with Gasteiger partial charge in [-0.05, 0) is 24.5 Å². The first-order valence-electron chi connectivity index (χ1n) is 9.53. The van der Waals surface area contributed by atoms with E-state index in [0.29, 0.717) is 24.5 Å². The lowest BCUT2D eigenvalue weighted by molar-refractivity contribution is -0.118. The molecule has 2 rings (SSSR count). The van der Waals surface area contributed by atoms with Crippen LogP contribution in [0.2, 0.25) is 0 Å². The van der Waals surface area contributed by atoms with Gasteiger partial charge in [0.15, 0.2) is 0 Å². The molecule has 0 fully saturated rings. The Morgan fingerprint density at radius 2 is 1.70 bits per heavy atom. The summed E-state index contributed by atoms with van der Waals surface area (Å²) in [5.74, 6) is 0.111. The lowest BCUT2D eigenvalue weighted by Crippen LogP contribution is -2.20. The fraction of sp³-hybridized carbons (Fsp3) is 0.500. The van der Waals surface area contributed by atoms with Crippen LogP contribution in [0.4, 0.5) is 16.3 Å². The Morgan fingerprint density at radius 1 is 1.07 bits per heavy atom. The number of benzene rings is 1. The van der Waals surface area contributed by atoms with Gasteiger partial charge in [0.1, 0.15) is 12.1 Å². The van der Waals surface area contributed by atoms with E-state index in [0.717, 1.165) is 6.42 Å². The van der Waals surface area contributed by atoms with Crippen LogP contribution in [-0.4, -0.2) is 27.4 Å². The van der Waals surface area contributed by atoms with Crippen LogP contribution in [0.25, 0.3) is 0 Å². The fourth-order valence-corrected chi connectivity index (χ4v) is 1.88. The van der Waals surface area contributed by atoms with Crippen molar-refractivity contribution in [1.29, 1.82) is 0 Å². The van der Waals surface area contributed by atoms with Crippen LogP contribution in [0.15, 0.2) is 30.6 Å². The molecule has 27 heavy (non-hydrogen) atoms. The van der Waals surface area contributed by atoms with Gasteiger partial charge in [-0.1, -0.05) is 59.7 Å². The highest BCUT2D eigenvalue weighted by molar-refractivity contribution is 5.90. The van der Waals surface area contributed by atoms with Crippen LogP contribution in [0, 0.1) is 11.7 Å². The Hall–Kier alpha value is -2.57. The zero-order valence-corrected chi connectivity index (χ0v) is 17.2. The molecule has 0 unspecified atom stereocenters. The van der Waals surface area contributed by atoms with Crippen LogP contribution < -0.4 is 10.6 Å². The molecule has 150 valence electrons. The molecule has 0 atom stereocenters. The van der Waals surface area contributed by atoms with Crippen LogP contribution in [-0.2, 0) is 11.2 Å². The number of carbonyl (C=O) groups is 1. The van der Waals surface area contributed by atoms with Crippen LogP contribution in [0.1, 0.15) is 53.5 Å². The Bertz CT molecular complexity index is 664. The van der Waals surface area contributed by atoms with Gasteiger partial charge in [-0.3, -0.25) is 10.1 Å². The van der Waals surface area contributed by atoms with E-state index in [1.807, 2.05) is 33.8 Å². The van der Waals surface area contributed by atoms with Gasteiger partial charge in [0, 0.05) is 12.5 Å². The second-order valence-electron chi connectivity index (χ2n) is 5.40. The third-order valence-corrected chi connectivity index (χ3v) is 3.20. The molecular weight excluding hydrogens is 345 g/mol. The smallest absolute Gasteiger partial charge is 0.234 e. The zero-order valence-electron chi connectivity index (χ0n) is 17.2. The van der Waals surface area contributed by atoms with Gasteiger partial charge in [0.25, 0.3) is 0 Å². The van der Waals surface area contributed by atoms with Crippen molar-refractivity contribution in [2.45, 2.75) is 54.4 Å². The lowest BCUT2D eigenvalue weighted by Gasteiger charge is -2.08. The predicted octanol–water partition coefficient (Wildman–Crippen LogP) is 4.70. The second-order valence-corrected chi connectivity index (χ2v) is 5.40. The van der Waals surface area contributed by atoms with Crippen molar-refractivity contribution < 1.29 is 9.18 Å². The van der Waals surface area contributed by atoms with Crippen molar-refractivity contribution in [3.05, 3.63) is 42.0 Å². The van der Waals surface area contributed by atoms with Crippen LogP contribution in [0.3, 0.4) is 0 Å². The van der Waals surface area contributed by atoms with Gasteiger partial charge in [-0.15, -0.1) is 0 Å². The molecular formula is C20H32FN5O. The first-order chi connectivity index (χ1) is 13.1. The average molecular weight is 378 g/mol. The van der Waals surface area contributed by atoms with Gasteiger partial charge >= 0.3 is 0 Å². The minimum atomic E-state index is -0.189. The molecule has 0 spiro atoms. The number of nitrogens with one attached hydrogen (secondary N) is 2. The number of carbonyl (C=O) groups excluding carboxylic acids is 1. The van der Waals surface area contributed by atoms with E-state index in [1.165, 1.54) is 12.4 Å². The summed E-state index contributed by atoms with van der Waals surface area (Å²) in [6, 6.07) is 6.73. The summed E-state index contributed by atoms with van der Waals surface area (Å²) in [4.78, 5) is 23.6. The maximum Gasteiger partial charge on any atom is 0.234 e. The van der Waals surface area contributed by atoms with Crippen molar-refractivity contribution in [3.8, 4) is 0 Å². The normalized spacial score (nSPS) is 9.48. The molecule has 0 saturated heterocycles. The molecule has 0 radical (unpaired) electrons. The minimum Gasteiger partial charge on any atom is -0.354 e. The highest BCUT2D eigenvalue weighted by Crippen LogP contribution is 2.09. The number of anilines is 2. The maximum absolute atomic E-state index is 13.5. The molecule has 1 heterocycles. The van der Waals surface area contributed by atoms with Gasteiger partial charge in [0.05, 0.1) is 0 Å². The summed E-state index contributed by atoms with van der Waals surface area (Å²) in [7, 11) is 0. The molecule has 0 aliphatic carbocycles. The topological polar surface area (TPSA) is 79.8 Å². The highest BCUT2D eigenvalue weighted by Gasteiger charge is 2.09. The first kappa shape index (κ1) is 24.4. The van der Waals surface area contributed by atoms with Gasteiger partial charge in [-0.2, -0.15) is 4.98 Å². The van der Waals surface area contributed by atoms with Crippen LogP contribution in [0.5, 0.6) is 0 Å². The summed E-state index contributed by atoms with van der Waals surface area (Å²) in [6.07, 6.45) is 2.70. The second kappa shape index (κ2) is 14.6. The van der Waals surface area contributed by atoms with Crippen molar-refractivity contribution >= 4 is 17.8 Å². The lowest BCUT2D eigenvalue weighted by atomic mass is 10.1. The van der Waals surface area contributed by atoms with E-state index in [4.69, 9.17) is 0 Å². The third-order valence-electron chi connectivity index (χ3n) is 3.20. The number of amides is 1. The van der Waals surface area contributed by atoms with Crippen LogP contribution >= 0.6 is 0 Å². The number of rotatable bonds is 7. The Kier molecular flexibility index (Phi) is 13.2. The molecule has 2 N–H and O–H groups in total. The molecule has 1 aromatic carbocycles. The molecule has 0 aliphatic heterocycles. The highest BCUT2D eigenvalue weighted by atomic mass is 19.1. The number of aromatic nitrogens is 3. The van der Waals surface area contributed by atoms with Gasteiger partial charge < -0.3 is 5.32 Å². The fourth-order valence-electron chi connectivity index (χ4n) is 1.88. The summed E-state index contributed by atoms with van der Waals surface area (Å²) in [6.45, 7) is 12.2. The molecule has 0 bridgehead atoms. The van der Waals surface area contributed by atoms with Gasteiger partial charge in [0.2, 0.25) is 17.8 Å².